The van der Waals surface area contributed by atoms with E-state index in [0.29, 0.717) is 0 Å². The summed E-state index contributed by atoms with van der Waals surface area (Å²) in [4.78, 5) is 8.82. The van der Waals surface area contributed by atoms with Crippen molar-refractivity contribution < 1.29 is 8.78 Å². The van der Waals surface area contributed by atoms with Crippen molar-refractivity contribution in [3.05, 3.63) is 17.5 Å². The quantitative estimate of drug-likeness (QED) is 0.757. The van der Waals surface area contributed by atoms with Gasteiger partial charge in [-0.25, -0.2) is 18.7 Å². The zero-order valence-electron chi connectivity index (χ0n) is 6.91. The Morgan fingerprint density at radius 3 is 2.62 bits per heavy atom. The van der Waals surface area contributed by atoms with Crippen LogP contribution in [0, 0.1) is 0 Å². The first-order valence-corrected chi connectivity index (χ1v) is 3.95. The molecule has 0 aliphatic rings. The maximum Gasteiger partial charge on any atom is 0.255 e. The lowest BCUT2D eigenvalue weighted by Crippen LogP contribution is -2.25. The second kappa shape index (κ2) is 4.32. The summed E-state index contributed by atoms with van der Waals surface area (Å²) in [7, 11) is 1.49. The summed E-state index contributed by atoms with van der Waals surface area (Å²) < 4.78 is 23.9. The number of nitrogens with zero attached hydrogens (tertiary/aromatic N) is 3. The van der Waals surface area contributed by atoms with Gasteiger partial charge in [0.05, 0.1) is 6.54 Å². The molecule has 0 spiro atoms. The molecule has 3 nitrogen and oxygen atoms in total. The van der Waals surface area contributed by atoms with Gasteiger partial charge in [-0.05, 0) is 0 Å². The average Bonchev–Trinajstić information content (AvgIpc) is 2.03. The normalized spacial score (nSPS) is 10.5. The van der Waals surface area contributed by atoms with E-state index in [1.165, 1.54) is 24.3 Å². The molecule has 1 aromatic rings. The van der Waals surface area contributed by atoms with Gasteiger partial charge in [-0.15, -0.1) is 0 Å². The minimum atomic E-state index is -2.41. The van der Waals surface area contributed by atoms with Crippen molar-refractivity contribution in [2.75, 3.05) is 18.5 Å². The van der Waals surface area contributed by atoms with Crippen LogP contribution in [0.3, 0.4) is 0 Å². The van der Waals surface area contributed by atoms with E-state index in [1.807, 2.05) is 0 Å². The first-order chi connectivity index (χ1) is 6.11. The fraction of sp³-hybridized carbons (Fsp3) is 0.429. The van der Waals surface area contributed by atoms with Crippen molar-refractivity contribution in [3.8, 4) is 0 Å². The smallest absolute Gasteiger partial charge is 0.255 e. The van der Waals surface area contributed by atoms with Crippen LogP contribution in [0.5, 0.6) is 0 Å². The first kappa shape index (κ1) is 10.1. The number of anilines is 1. The molecule has 1 aromatic heterocycles. The number of alkyl halides is 2. The molecule has 0 amide bonds. The Kier molecular flexibility index (Phi) is 3.36. The predicted molar refractivity (Wildman–Crippen MR) is 46.3 cm³/mol. The van der Waals surface area contributed by atoms with Crippen LogP contribution in [0.15, 0.2) is 12.4 Å². The molecule has 0 aliphatic heterocycles. The molecule has 6 heteroatoms. The van der Waals surface area contributed by atoms with E-state index in [9.17, 15) is 8.78 Å². The van der Waals surface area contributed by atoms with E-state index in [1.54, 1.807) is 0 Å². The molecule has 0 aliphatic carbocycles. The van der Waals surface area contributed by atoms with Crippen molar-refractivity contribution in [1.29, 1.82) is 0 Å². The molecule has 0 bridgehead atoms. The molecule has 1 heterocycles. The Hall–Kier alpha value is -0.970. The molecule has 72 valence electrons. The fourth-order valence-electron chi connectivity index (χ4n) is 0.863. The van der Waals surface area contributed by atoms with Crippen LogP contribution in [0.25, 0.3) is 0 Å². The Labute approximate surface area is 79.4 Å². The number of halogens is 3. The summed E-state index contributed by atoms with van der Waals surface area (Å²) in [5.41, 5.74) is 0. The van der Waals surface area contributed by atoms with Gasteiger partial charge in [0.15, 0.2) is 11.0 Å². The number of rotatable bonds is 3. The Bertz CT molecular complexity index is 282. The van der Waals surface area contributed by atoms with Gasteiger partial charge in [0, 0.05) is 19.4 Å². The van der Waals surface area contributed by atoms with Gasteiger partial charge in [0.2, 0.25) is 0 Å². The van der Waals surface area contributed by atoms with Gasteiger partial charge in [-0.2, -0.15) is 0 Å². The van der Waals surface area contributed by atoms with Crippen molar-refractivity contribution in [2.24, 2.45) is 0 Å². The largest absolute Gasteiger partial charge is 0.351 e. The van der Waals surface area contributed by atoms with Crippen LogP contribution in [-0.2, 0) is 0 Å². The first-order valence-electron chi connectivity index (χ1n) is 3.57. The van der Waals surface area contributed by atoms with Gasteiger partial charge in [0.1, 0.15) is 0 Å². The van der Waals surface area contributed by atoms with Crippen LogP contribution >= 0.6 is 11.6 Å². The zero-order chi connectivity index (χ0) is 9.84. The maximum absolute atomic E-state index is 12.0. The van der Waals surface area contributed by atoms with Gasteiger partial charge < -0.3 is 4.90 Å². The third kappa shape index (κ3) is 2.77. The van der Waals surface area contributed by atoms with E-state index < -0.39 is 13.0 Å². The standard InChI is InChI=1S/C7H8ClF2N3/c1-13(4-5(9)10)7-6(8)11-2-3-12-7/h2-3,5H,4H2,1H3. The van der Waals surface area contributed by atoms with Crippen molar-refractivity contribution in [3.63, 3.8) is 0 Å². The highest BCUT2D eigenvalue weighted by Crippen LogP contribution is 2.18. The lowest BCUT2D eigenvalue weighted by molar-refractivity contribution is 0.156. The summed E-state index contributed by atoms with van der Waals surface area (Å²) in [6.07, 6.45) is 0.397. The summed E-state index contributed by atoms with van der Waals surface area (Å²) >= 11 is 5.64. The van der Waals surface area contributed by atoms with Gasteiger partial charge in [0.25, 0.3) is 6.43 Å². The van der Waals surface area contributed by atoms with E-state index in [0.717, 1.165) is 0 Å². The monoisotopic (exact) mass is 207 g/mol. The summed E-state index contributed by atoms with van der Waals surface area (Å²) in [5.74, 6) is 0.268. The third-order valence-electron chi connectivity index (χ3n) is 1.41. The van der Waals surface area contributed by atoms with Crippen LogP contribution in [0.2, 0.25) is 5.15 Å². The molecule has 0 saturated heterocycles. The Balaban J connectivity index is 2.76. The molecule has 0 aromatic carbocycles. The van der Waals surface area contributed by atoms with Crippen LogP contribution in [-0.4, -0.2) is 30.0 Å². The molecular formula is C7H8ClF2N3. The SMILES string of the molecule is CN(CC(F)F)c1nccnc1Cl. The van der Waals surface area contributed by atoms with Crippen molar-refractivity contribution in [2.45, 2.75) is 6.43 Å². The van der Waals surface area contributed by atoms with Gasteiger partial charge in [-0.3, -0.25) is 0 Å². The maximum atomic E-state index is 12.0. The minimum absolute atomic E-state index is 0.130. The molecule has 0 radical (unpaired) electrons. The highest BCUT2D eigenvalue weighted by molar-refractivity contribution is 6.31. The predicted octanol–water partition coefficient (Wildman–Crippen LogP) is 1.83. The second-order valence-electron chi connectivity index (χ2n) is 2.44. The fourth-order valence-corrected chi connectivity index (χ4v) is 1.11. The zero-order valence-corrected chi connectivity index (χ0v) is 7.67. The number of aromatic nitrogens is 2. The lowest BCUT2D eigenvalue weighted by Gasteiger charge is -2.17. The molecule has 0 fully saturated rings. The Morgan fingerprint density at radius 2 is 2.08 bits per heavy atom. The van der Waals surface area contributed by atoms with E-state index in [4.69, 9.17) is 11.6 Å². The molecule has 0 atom stereocenters. The summed E-state index contributed by atoms with van der Waals surface area (Å²) in [6, 6.07) is 0. The average molecular weight is 208 g/mol. The molecular weight excluding hydrogens is 200 g/mol. The van der Waals surface area contributed by atoms with Crippen molar-refractivity contribution >= 4 is 17.4 Å². The van der Waals surface area contributed by atoms with E-state index in [-0.39, 0.29) is 11.0 Å². The highest BCUT2D eigenvalue weighted by Gasteiger charge is 2.12. The molecule has 13 heavy (non-hydrogen) atoms. The third-order valence-corrected chi connectivity index (χ3v) is 1.68. The van der Waals surface area contributed by atoms with Crippen LogP contribution in [0.1, 0.15) is 0 Å². The number of hydrogen-bond acceptors (Lipinski definition) is 3. The van der Waals surface area contributed by atoms with Gasteiger partial charge in [-0.1, -0.05) is 11.6 Å². The number of hydrogen-bond donors (Lipinski definition) is 0. The molecule has 0 unspecified atom stereocenters. The Morgan fingerprint density at radius 1 is 1.46 bits per heavy atom. The second-order valence-corrected chi connectivity index (χ2v) is 2.80. The molecule has 0 N–H and O–H groups in total. The highest BCUT2D eigenvalue weighted by atomic mass is 35.5. The van der Waals surface area contributed by atoms with Crippen LogP contribution < -0.4 is 4.90 Å². The summed E-state index contributed by atoms with van der Waals surface area (Å²) in [5, 5.41) is 0.130. The molecule has 1 rings (SSSR count). The summed E-state index contributed by atoms with van der Waals surface area (Å²) in [6.45, 7) is -0.404. The lowest BCUT2D eigenvalue weighted by atomic mass is 10.5. The van der Waals surface area contributed by atoms with Crippen molar-refractivity contribution in [1.82, 2.24) is 9.97 Å². The van der Waals surface area contributed by atoms with Crippen LogP contribution in [0.4, 0.5) is 14.6 Å². The minimum Gasteiger partial charge on any atom is -0.351 e. The van der Waals surface area contributed by atoms with Gasteiger partial charge >= 0.3 is 0 Å². The van der Waals surface area contributed by atoms with E-state index in [2.05, 4.69) is 9.97 Å². The van der Waals surface area contributed by atoms with E-state index >= 15 is 0 Å². The topological polar surface area (TPSA) is 29.0 Å². The molecule has 0 saturated carbocycles.